The molecule has 2 aromatic rings. The fourth-order valence-electron chi connectivity index (χ4n) is 5.40. The lowest BCUT2D eigenvalue weighted by Gasteiger charge is -2.42. The van der Waals surface area contributed by atoms with Gasteiger partial charge in [-0.05, 0) is 74.8 Å². The number of hydrogen-bond acceptors (Lipinski definition) is 7. The third-order valence-corrected chi connectivity index (χ3v) is 10.3. The Kier molecular flexibility index (Phi) is 8.46. The Bertz CT molecular complexity index is 1290. The molecule has 0 aromatic heterocycles. The zero-order chi connectivity index (χ0) is 27.8. The molecular formula is C26H30ClF2NO7S. The van der Waals surface area contributed by atoms with E-state index >= 15 is 0 Å². The Hall–Kier alpha value is -2.15. The summed E-state index contributed by atoms with van der Waals surface area (Å²) in [5.74, 6) is -3.65. The third-order valence-electron chi connectivity index (χ3n) is 7.67. The molecule has 2 aromatic carbocycles. The second kappa shape index (κ2) is 11.1. The average molecular weight is 574 g/mol. The maximum absolute atomic E-state index is 13.7. The fourth-order valence-corrected chi connectivity index (χ4v) is 7.80. The number of aliphatic hydroxyl groups is 3. The number of aliphatic hydroxyl groups excluding tert-OH is 2. The van der Waals surface area contributed by atoms with E-state index in [0.717, 1.165) is 18.2 Å². The first-order chi connectivity index (χ1) is 17.8. The number of hydrogen-bond donors (Lipinski definition) is 4. The van der Waals surface area contributed by atoms with Crippen LogP contribution < -0.4 is 5.32 Å². The van der Waals surface area contributed by atoms with Crippen molar-refractivity contribution in [2.45, 2.75) is 60.6 Å². The number of amides is 1. The van der Waals surface area contributed by atoms with Gasteiger partial charge < -0.3 is 25.4 Å². The molecule has 2 saturated carbocycles. The van der Waals surface area contributed by atoms with Gasteiger partial charge in [0.25, 0.3) is 5.91 Å². The number of halogens is 3. The highest BCUT2D eigenvalue weighted by atomic mass is 35.5. The smallest absolute Gasteiger partial charge is 0.255 e. The van der Waals surface area contributed by atoms with Crippen molar-refractivity contribution in [3.8, 4) is 0 Å². The van der Waals surface area contributed by atoms with Crippen LogP contribution in [0.25, 0.3) is 0 Å². The van der Waals surface area contributed by atoms with Crippen LogP contribution >= 0.6 is 11.6 Å². The average Bonchev–Trinajstić information content (AvgIpc) is 3.02. The van der Waals surface area contributed by atoms with Crippen molar-refractivity contribution >= 4 is 33.0 Å². The number of rotatable bonds is 9. The molecule has 208 valence electrons. The summed E-state index contributed by atoms with van der Waals surface area (Å²) in [6.45, 7) is 1.18. The SMILES string of the molecule is C[C@@H](O)[C@H](O)COC[C@]1(O)C2CCC1C[C@@H](S(=O)(=O)c1cc(C(=O)Nc3ccc(F)c(F)c3)ccc1Cl)C2. The van der Waals surface area contributed by atoms with Crippen molar-refractivity contribution < 1.29 is 42.0 Å². The molecule has 4 N–H and O–H groups in total. The van der Waals surface area contributed by atoms with Crippen LogP contribution in [0, 0.1) is 23.5 Å². The minimum Gasteiger partial charge on any atom is -0.391 e. The van der Waals surface area contributed by atoms with E-state index in [1.165, 1.54) is 25.1 Å². The molecule has 2 aliphatic carbocycles. The first-order valence-electron chi connectivity index (χ1n) is 12.3. The molecule has 0 aliphatic heterocycles. The van der Waals surface area contributed by atoms with E-state index in [9.17, 15) is 37.3 Å². The first kappa shape index (κ1) is 28.8. The van der Waals surface area contributed by atoms with Crippen molar-refractivity contribution in [2.24, 2.45) is 11.8 Å². The molecule has 38 heavy (non-hydrogen) atoms. The van der Waals surface area contributed by atoms with E-state index in [0.29, 0.717) is 12.8 Å². The minimum absolute atomic E-state index is 0.000387. The highest BCUT2D eigenvalue weighted by Crippen LogP contribution is 2.52. The lowest BCUT2D eigenvalue weighted by molar-refractivity contribution is -0.129. The number of carbonyl (C=O) groups is 1. The zero-order valence-electron chi connectivity index (χ0n) is 20.6. The van der Waals surface area contributed by atoms with E-state index in [-0.39, 0.29) is 59.1 Å². The Morgan fingerprint density at radius 3 is 2.39 bits per heavy atom. The number of fused-ring (bicyclic) bond motifs is 2. The van der Waals surface area contributed by atoms with Gasteiger partial charge >= 0.3 is 0 Å². The molecule has 2 fully saturated rings. The zero-order valence-corrected chi connectivity index (χ0v) is 22.2. The summed E-state index contributed by atoms with van der Waals surface area (Å²) in [6.07, 6.45) is -0.526. The van der Waals surface area contributed by atoms with Gasteiger partial charge in [-0.25, -0.2) is 17.2 Å². The molecule has 4 atom stereocenters. The molecule has 4 rings (SSSR count). The van der Waals surface area contributed by atoms with Crippen LogP contribution in [-0.4, -0.2) is 65.9 Å². The second-order valence-electron chi connectivity index (χ2n) is 10.2. The Morgan fingerprint density at radius 1 is 1.13 bits per heavy atom. The first-order valence-corrected chi connectivity index (χ1v) is 14.2. The van der Waals surface area contributed by atoms with E-state index in [1.54, 1.807) is 0 Å². The lowest BCUT2D eigenvalue weighted by Crippen LogP contribution is -2.51. The van der Waals surface area contributed by atoms with Gasteiger partial charge in [-0.3, -0.25) is 4.79 Å². The van der Waals surface area contributed by atoms with Gasteiger partial charge in [0.2, 0.25) is 0 Å². The summed E-state index contributed by atoms with van der Waals surface area (Å²) in [4.78, 5) is 12.5. The minimum atomic E-state index is -4.00. The number of carbonyl (C=O) groups excluding carboxylic acids is 1. The molecule has 0 spiro atoms. The van der Waals surface area contributed by atoms with E-state index < -0.39 is 50.4 Å². The van der Waals surface area contributed by atoms with Crippen molar-refractivity contribution in [2.75, 3.05) is 18.5 Å². The number of anilines is 1. The van der Waals surface area contributed by atoms with E-state index in [4.69, 9.17) is 16.3 Å². The molecule has 2 unspecified atom stereocenters. The fraction of sp³-hybridized carbons (Fsp3) is 0.500. The number of benzene rings is 2. The molecular weight excluding hydrogens is 544 g/mol. The standard InChI is InChI=1S/C26H30ClF2NO7S/c1-14(31)23(32)12-37-13-26(34)16-3-4-17(26)10-19(9-16)38(35,36)24-8-15(2-6-20(24)27)25(33)30-18-5-7-21(28)22(29)11-18/h2,5-8,11,14,16-17,19,23,31-32,34H,3-4,9-10,12-13H2,1H3,(H,30,33)/t14-,16?,17?,19-,23-,26-/m1/s1. The summed E-state index contributed by atoms with van der Waals surface area (Å²) >= 11 is 6.26. The summed E-state index contributed by atoms with van der Waals surface area (Å²) < 4.78 is 59.5. The van der Waals surface area contributed by atoms with Gasteiger partial charge in [0.1, 0.15) is 6.10 Å². The van der Waals surface area contributed by atoms with Gasteiger partial charge in [-0.15, -0.1) is 0 Å². The second-order valence-corrected chi connectivity index (χ2v) is 12.8. The van der Waals surface area contributed by atoms with Crippen molar-refractivity contribution in [3.05, 3.63) is 58.6 Å². The van der Waals surface area contributed by atoms with Crippen molar-refractivity contribution in [1.82, 2.24) is 0 Å². The number of nitrogens with one attached hydrogen (secondary N) is 1. The van der Waals surface area contributed by atoms with Gasteiger partial charge in [-0.2, -0.15) is 0 Å². The van der Waals surface area contributed by atoms with Crippen LogP contribution in [0.2, 0.25) is 5.02 Å². The predicted molar refractivity (Wildman–Crippen MR) is 136 cm³/mol. The summed E-state index contributed by atoms with van der Waals surface area (Å²) in [5.41, 5.74) is -1.28. The highest BCUT2D eigenvalue weighted by molar-refractivity contribution is 7.92. The van der Waals surface area contributed by atoms with Crippen LogP contribution in [0.3, 0.4) is 0 Å². The maximum atomic E-state index is 13.7. The number of sulfone groups is 1. The molecule has 2 aliphatic rings. The monoisotopic (exact) mass is 573 g/mol. The summed E-state index contributed by atoms with van der Waals surface area (Å²) in [5, 5.41) is 32.0. The Morgan fingerprint density at radius 2 is 1.79 bits per heavy atom. The number of ether oxygens (including phenoxy) is 1. The van der Waals surface area contributed by atoms with Gasteiger partial charge in [0.05, 0.1) is 40.1 Å². The van der Waals surface area contributed by atoms with Crippen molar-refractivity contribution in [3.63, 3.8) is 0 Å². The van der Waals surface area contributed by atoms with Crippen LogP contribution in [0.1, 0.15) is 43.0 Å². The van der Waals surface area contributed by atoms with Gasteiger partial charge in [0, 0.05) is 17.3 Å². The quantitative estimate of drug-likeness (QED) is 0.362. The van der Waals surface area contributed by atoms with E-state index in [1.807, 2.05) is 0 Å². The van der Waals surface area contributed by atoms with Crippen LogP contribution in [0.15, 0.2) is 41.3 Å². The maximum Gasteiger partial charge on any atom is 0.255 e. The third kappa shape index (κ3) is 5.73. The molecule has 0 heterocycles. The topological polar surface area (TPSA) is 133 Å². The van der Waals surface area contributed by atoms with E-state index in [2.05, 4.69) is 5.32 Å². The lowest BCUT2D eigenvalue weighted by atomic mass is 9.75. The molecule has 0 radical (unpaired) electrons. The largest absolute Gasteiger partial charge is 0.391 e. The Labute approximate surface area is 224 Å². The van der Waals surface area contributed by atoms with Crippen LogP contribution in [0.4, 0.5) is 14.5 Å². The molecule has 2 bridgehead atoms. The normalized spacial score (nSPS) is 26.7. The summed E-state index contributed by atoms with van der Waals surface area (Å²) in [6, 6.07) is 6.65. The molecule has 8 nitrogen and oxygen atoms in total. The molecule has 0 saturated heterocycles. The van der Waals surface area contributed by atoms with Crippen LogP contribution in [-0.2, 0) is 14.6 Å². The predicted octanol–water partition coefficient (Wildman–Crippen LogP) is 3.32. The molecule has 12 heteroatoms. The van der Waals surface area contributed by atoms with Crippen molar-refractivity contribution in [1.29, 1.82) is 0 Å². The summed E-state index contributed by atoms with van der Waals surface area (Å²) in [7, 11) is -4.00. The van der Waals surface area contributed by atoms with Gasteiger partial charge in [0.15, 0.2) is 21.5 Å². The highest BCUT2D eigenvalue weighted by Gasteiger charge is 2.56. The molecule has 1 amide bonds. The van der Waals surface area contributed by atoms with Crippen LogP contribution in [0.5, 0.6) is 0 Å². The van der Waals surface area contributed by atoms with Gasteiger partial charge in [-0.1, -0.05) is 11.6 Å². The Balaban J connectivity index is 1.49.